The predicted octanol–water partition coefficient (Wildman–Crippen LogP) is 0.845. The fourth-order valence-electron chi connectivity index (χ4n) is 2.01. The van der Waals surface area contributed by atoms with Gasteiger partial charge in [-0.05, 0) is 25.0 Å². The number of fused-ring (bicyclic) bond motifs is 1. The molecular formula is C12H17N3O. The Morgan fingerprint density at radius 2 is 2.19 bits per heavy atom. The molecule has 0 aromatic heterocycles. The van der Waals surface area contributed by atoms with E-state index in [0.29, 0.717) is 13.1 Å². The lowest BCUT2D eigenvalue weighted by Gasteiger charge is -2.11. The maximum atomic E-state index is 11.8. The number of amides is 1. The van der Waals surface area contributed by atoms with Gasteiger partial charge in [-0.1, -0.05) is 12.1 Å². The molecule has 1 unspecified atom stereocenters. The third kappa shape index (κ3) is 1.70. The van der Waals surface area contributed by atoms with Gasteiger partial charge in [0.15, 0.2) is 0 Å². The first-order valence-electron chi connectivity index (χ1n) is 5.49. The van der Waals surface area contributed by atoms with Crippen LogP contribution < -0.4 is 16.4 Å². The molecule has 0 spiro atoms. The summed E-state index contributed by atoms with van der Waals surface area (Å²) in [5, 5.41) is 6.07. The number of benzene rings is 1. The van der Waals surface area contributed by atoms with Crippen LogP contribution in [-0.4, -0.2) is 19.0 Å². The molecule has 1 atom stereocenters. The highest BCUT2D eigenvalue weighted by Gasteiger charge is 2.30. The summed E-state index contributed by atoms with van der Waals surface area (Å²) < 4.78 is 0. The summed E-state index contributed by atoms with van der Waals surface area (Å²) in [6, 6.07) is 3.80. The summed E-state index contributed by atoms with van der Waals surface area (Å²) in [5.74, 6) is 0.0113. The Hall–Kier alpha value is -1.39. The van der Waals surface area contributed by atoms with Crippen LogP contribution in [0.2, 0.25) is 0 Å². The molecule has 0 bridgehead atoms. The van der Waals surface area contributed by atoms with Gasteiger partial charge >= 0.3 is 0 Å². The van der Waals surface area contributed by atoms with Crippen molar-refractivity contribution >= 4 is 11.6 Å². The molecular weight excluding hydrogens is 202 g/mol. The van der Waals surface area contributed by atoms with Gasteiger partial charge in [-0.15, -0.1) is 0 Å². The lowest BCUT2D eigenvalue weighted by atomic mass is 10.0. The SMILES string of the molecule is Cc1ccc2c(c1C)NC(=O)C2NCCN. The van der Waals surface area contributed by atoms with Gasteiger partial charge in [0, 0.05) is 24.3 Å². The number of anilines is 1. The van der Waals surface area contributed by atoms with E-state index in [2.05, 4.69) is 10.6 Å². The average Bonchev–Trinajstić information content (AvgIpc) is 2.58. The van der Waals surface area contributed by atoms with E-state index >= 15 is 0 Å². The summed E-state index contributed by atoms with van der Waals surface area (Å²) in [7, 11) is 0. The highest BCUT2D eigenvalue weighted by atomic mass is 16.2. The predicted molar refractivity (Wildman–Crippen MR) is 64.3 cm³/mol. The monoisotopic (exact) mass is 219 g/mol. The molecule has 4 nitrogen and oxygen atoms in total. The Balaban J connectivity index is 2.35. The molecule has 1 aliphatic rings. The molecule has 1 aliphatic heterocycles. The first-order valence-corrected chi connectivity index (χ1v) is 5.49. The van der Waals surface area contributed by atoms with Gasteiger partial charge < -0.3 is 16.4 Å². The van der Waals surface area contributed by atoms with E-state index in [-0.39, 0.29) is 11.9 Å². The molecule has 0 saturated heterocycles. The molecule has 1 amide bonds. The van der Waals surface area contributed by atoms with Gasteiger partial charge in [-0.2, -0.15) is 0 Å². The molecule has 0 saturated carbocycles. The van der Waals surface area contributed by atoms with Crippen molar-refractivity contribution in [3.8, 4) is 0 Å². The Bertz CT molecular complexity index is 429. The first-order chi connectivity index (χ1) is 7.65. The van der Waals surface area contributed by atoms with Gasteiger partial charge in [0.05, 0.1) is 0 Å². The van der Waals surface area contributed by atoms with Gasteiger partial charge in [0.1, 0.15) is 6.04 Å². The maximum absolute atomic E-state index is 11.8. The number of nitrogens with two attached hydrogens (primary N) is 1. The summed E-state index contributed by atoms with van der Waals surface area (Å²) in [6.07, 6.45) is 0. The van der Waals surface area contributed by atoms with Gasteiger partial charge in [0.2, 0.25) is 5.91 Å². The lowest BCUT2D eigenvalue weighted by Crippen LogP contribution is -2.31. The van der Waals surface area contributed by atoms with Crippen LogP contribution in [0.15, 0.2) is 12.1 Å². The van der Waals surface area contributed by atoms with Crippen molar-refractivity contribution in [1.82, 2.24) is 5.32 Å². The second kappa shape index (κ2) is 4.23. The van der Waals surface area contributed by atoms with Gasteiger partial charge in [-0.3, -0.25) is 4.79 Å². The number of hydrogen-bond donors (Lipinski definition) is 3. The van der Waals surface area contributed by atoms with Crippen molar-refractivity contribution in [2.24, 2.45) is 5.73 Å². The molecule has 0 radical (unpaired) electrons. The van der Waals surface area contributed by atoms with Crippen molar-refractivity contribution in [1.29, 1.82) is 0 Å². The Labute approximate surface area is 95.2 Å². The van der Waals surface area contributed by atoms with Crippen LogP contribution in [0.5, 0.6) is 0 Å². The third-order valence-corrected chi connectivity index (χ3v) is 3.08. The molecule has 0 aliphatic carbocycles. The molecule has 86 valence electrons. The minimum atomic E-state index is -0.252. The number of aryl methyl sites for hydroxylation is 1. The lowest BCUT2D eigenvalue weighted by molar-refractivity contribution is -0.117. The minimum absolute atomic E-state index is 0.0113. The number of rotatable bonds is 3. The van der Waals surface area contributed by atoms with Crippen molar-refractivity contribution in [3.05, 3.63) is 28.8 Å². The summed E-state index contributed by atoms with van der Waals surface area (Å²) in [6.45, 7) is 5.25. The molecule has 1 heterocycles. The molecule has 1 aromatic rings. The van der Waals surface area contributed by atoms with Crippen LogP contribution in [0.4, 0.5) is 5.69 Å². The number of carbonyl (C=O) groups excluding carboxylic acids is 1. The van der Waals surface area contributed by atoms with E-state index in [4.69, 9.17) is 5.73 Å². The van der Waals surface area contributed by atoms with E-state index in [1.54, 1.807) is 0 Å². The normalized spacial score (nSPS) is 18.4. The third-order valence-electron chi connectivity index (χ3n) is 3.08. The molecule has 1 aromatic carbocycles. The standard InChI is InChI=1S/C12H17N3O/c1-7-3-4-9-10(8(7)2)15-12(16)11(9)14-6-5-13/h3-4,11,14H,5-6,13H2,1-2H3,(H,15,16). The van der Waals surface area contributed by atoms with Crippen LogP contribution in [0.1, 0.15) is 22.7 Å². The van der Waals surface area contributed by atoms with Crippen LogP contribution in [0.25, 0.3) is 0 Å². The second-order valence-corrected chi connectivity index (χ2v) is 4.14. The summed E-state index contributed by atoms with van der Waals surface area (Å²) in [4.78, 5) is 11.8. The highest BCUT2D eigenvalue weighted by Crippen LogP contribution is 2.34. The number of hydrogen-bond acceptors (Lipinski definition) is 3. The van der Waals surface area contributed by atoms with Gasteiger partial charge in [0.25, 0.3) is 0 Å². The maximum Gasteiger partial charge on any atom is 0.246 e. The zero-order chi connectivity index (χ0) is 11.7. The molecule has 4 heteroatoms. The Morgan fingerprint density at radius 3 is 2.88 bits per heavy atom. The summed E-state index contributed by atoms with van der Waals surface area (Å²) in [5.41, 5.74) is 9.75. The topological polar surface area (TPSA) is 67.2 Å². The second-order valence-electron chi connectivity index (χ2n) is 4.14. The minimum Gasteiger partial charge on any atom is -0.329 e. The molecule has 0 fully saturated rings. The van der Waals surface area contributed by atoms with Crippen LogP contribution >= 0.6 is 0 Å². The van der Waals surface area contributed by atoms with E-state index in [1.165, 1.54) is 5.56 Å². The summed E-state index contributed by atoms with van der Waals surface area (Å²) >= 11 is 0. The van der Waals surface area contributed by atoms with E-state index in [1.807, 2.05) is 26.0 Å². The molecule has 2 rings (SSSR count). The van der Waals surface area contributed by atoms with Crippen LogP contribution in [0.3, 0.4) is 0 Å². The quantitative estimate of drug-likeness (QED) is 0.706. The van der Waals surface area contributed by atoms with Crippen molar-refractivity contribution in [2.45, 2.75) is 19.9 Å². The van der Waals surface area contributed by atoms with E-state index < -0.39 is 0 Å². The zero-order valence-corrected chi connectivity index (χ0v) is 9.63. The fourth-order valence-corrected chi connectivity index (χ4v) is 2.01. The molecule has 4 N–H and O–H groups in total. The number of nitrogens with one attached hydrogen (secondary N) is 2. The van der Waals surface area contributed by atoms with E-state index in [0.717, 1.165) is 16.8 Å². The Morgan fingerprint density at radius 1 is 1.44 bits per heavy atom. The number of carbonyl (C=O) groups is 1. The van der Waals surface area contributed by atoms with Crippen molar-refractivity contribution in [3.63, 3.8) is 0 Å². The Kier molecular flexibility index (Phi) is 2.94. The van der Waals surface area contributed by atoms with Crippen molar-refractivity contribution in [2.75, 3.05) is 18.4 Å². The average molecular weight is 219 g/mol. The largest absolute Gasteiger partial charge is 0.329 e. The first kappa shape index (κ1) is 11.1. The molecule has 16 heavy (non-hydrogen) atoms. The fraction of sp³-hybridized carbons (Fsp3) is 0.417. The van der Waals surface area contributed by atoms with Crippen LogP contribution in [-0.2, 0) is 4.79 Å². The van der Waals surface area contributed by atoms with E-state index in [9.17, 15) is 4.79 Å². The highest BCUT2D eigenvalue weighted by molar-refractivity contribution is 6.03. The smallest absolute Gasteiger partial charge is 0.246 e. The van der Waals surface area contributed by atoms with Crippen LogP contribution in [0, 0.1) is 13.8 Å². The zero-order valence-electron chi connectivity index (χ0n) is 9.63. The van der Waals surface area contributed by atoms with Gasteiger partial charge in [-0.25, -0.2) is 0 Å². The van der Waals surface area contributed by atoms with Crippen molar-refractivity contribution < 1.29 is 4.79 Å².